The summed E-state index contributed by atoms with van der Waals surface area (Å²) in [5.74, 6) is 1.32. The van der Waals surface area contributed by atoms with Crippen molar-refractivity contribution in [3.63, 3.8) is 0 Å². The minimum Gasteiger partial charge on any atom is -0.496 e. The summed E-state index contributed by atoms with van der Waals surface area (Å²) in [5, 5.41) is 11.9. The topological polar surface area (TPSA) is 38.7 Å². The first-order chi connectivity index (χ1) is 12.7. The summed E-state index contributed by atoms with van der Waals surface area (Å²) in [6.45, 7) is 0. The third-order valence-electron chi connectivity index (χ3n) is 4.72. The van der Waals surface area contributed by atoms with E-state index in [0.29, 0.717) is 17.9 Å². The Kier molecular flexibility index (Phi) is 5.59. The molecule has 0 aromatic heterocycles. The number of para-hydroxylation sites is 2. The van der Waals surface area contributed by atoms with Crippen LogP contribution in [0.25, 0.3) is 0 Å². The molecule has 3 aromatic carbocycles. The molecule has 0 unspecified atom stereocenters. The van der Waals surface area contributed by atoms with Gasteiger partial charge in [0.05, 0.1) is 14.2 Å². The van der Waals surface area contributed by atoms with Crippen molar-refractivity contribution in [3.05, 3.63) is 95.6 Å². The quantitative estimate of drug-likeness (QED) is 0.680. The van der Waals surface area contributed by atoms with Crippen LogP contribution in [0.2, 0.25) is 0 Å². The largest absolute Gasteiger partial charge is 0.496 e. The summed E-state index contributed by atoms with van der Waals surface area (Å²) in [6, 6.07) is 25.4. The highest BCUT2D eigenvalue weighted by Crippen LogP contribution is 2.42. The molecule has 0 saturated carbocycles. The summed E-state index contributed by atoms with van der Waals surface area (Å²) < 4.78 is 11.1. The Bertz CT molecular complexity index is 795. The highest BCUT2D eigenvalue weighted by Gasteiger charge is 2.36. The summed E-state index contributed by atoms with van der Waals surface area (Å²) in [5.41, 5.74) is 1.43. The van der Waals surface area contributed by atoms with E-state index < -0.39 is 5.60 Å². The second-order valence-electron chi connectivity index (χ2n) is 6.25. The van der Waals surface area contributed by atoms with Gasteiger partial charge in [-0.2, -0.15) is 0 Å². The van der Waals surface area contributed by atoms with Crippen molar-refractivity contribution in [1.82, 2.24) is 0 Å². The van der Waals surface area contributed by atoms with Crippen molar-refractivity contribution in [1.29, 1.82) is 0 Å². The maximum Gasteiger partial charge on any atom is 0.125 e. The molecule has 0 heterocycles. The lowest BCUT2D eigenvalue weighted by molar-refractivity contribution is 0.0658. The van der Waals surface area contributed by atoms with Gasteiger partial charge in [-0.05, 0) is 30.5 Å². The molecule has 0 amide bonds. The number of aryl methyl sites for hydroxylation is 1. The predicted molar refractivity (Wildman–Crippen MR) is 104 cm³/mol. The fourth-order valence-corrected chi connectivity index (χ4v) is 3.36. The van der Waals surface area contributed by atoms with Crippen molar-refractivity contribution >= 4 is 0 Å². The first-order valence-electron chi connectivity index (χ1n) is 8.72. The molecule has 3 heteroatoms. The van der Waals surface area contributed by atoms with Crippen molar-refractivity contribution in [2.45, 2.75) is 18.4 Å². The van der Waals surface area contributed by atoms with Crippen LogP contribution < -0.4 is 9.47 Å². The van der Waals surface area contributed by atoms with Crippen LogP contribution in [0.15, 0.2) is 78.9 Å². The van der Waals surface area contributed by atoms with Crippen molar-refractivity contribution < 1.29 is 14.6 Å². The van der Waals surface area contributed by atoms with Crippen LogP contribution in [0, 0.1) is 0 Å². The fraction of sp³-hybridized carbons (Fsp3) is 0.217. The zero-order valence-electron chi connectivity index (χ0n) is 15.2. The first-order valence-corrected chi connectivity index (χ1v) is 8.72. The molecule has 134 valence electrons. The van der Waals surface area contributed by atoms with Crippen LogP contribution >= 0.6 is 0 Å². The molecule has 0 aliphatic heterocycles. The molecular formula is C23H24O3. The van der Waals surface area contributed by atoms with E-state index >= 15 is 0 Å². The number of ether oxygens (including phenoxy) is 2. The summed E-state index contributed by atoms with van der Waals surface area (Å²) in [7, 11) is 3.25. The third-order valence-corrected chi connectivity index (χ3v) is 4.72. The highest BCUT2D eigenvalue weighted by atomic mass is 16.5. The fourth-order valence-electron chi connectivity index (χ4n) is 3.36. The molecule has 0 atom stereocenters. The smallest absolute Gasteiger partial charge is 0.125 e. The summed E-state index contributed by atoms with van der Waals surface area (Å²) >= 11 is 0. The van der Waals surface area contributed by atoms with Crippen LogP contribution in [-0.4, -0.2) is 19.3 Å². The van der Waals surface area contributed by atoms with Crippen LogP contribution in [0.3, 0.4) is 0 Å². The molecule has 0 aliphatic rings. The maximum atomic E-state index is 11.9. The molecule has 0 fully saturated rings. The Labute approximate surface area is 154 Å². The average Bonchev–Trinajstić information content (AvgIpc) is 2.72. The zero-order valence-corrected chi connectivity index (χ0v) is 15.2. The maximum absolute atomic E-state index is 11.9. The van der Waals surface area contributed by atoms with Crippen LogP contribution in [0.1, 0.15) is 23.1 Å². The lowest BCUT2D eigenvalue weighted by Crippen LogP contribution is -2.29. The molecule has 1 N–H and O–H groups in total. The minimum atomic E-state index is -1.23. The van der Waals surface area contributed by atoms with Gasteiger partial charge in [0.1, 0.15) is 17.1 Å². The normalized spacial score (nSPS) is 11.2. The summed E-state index contributed by atoms with van der Waals surface area (Å²) in [4.78, 5) is 0. The van der Waals surface area contributed by atoms with Crippen LogP contribution in [0.5, 0.6) is 11.5 Å². The van der Waals surface area contributed by atoms with Gasteiger partial charge in [-0.1, -0.05) is 66.7 Å². The third kappa shape index (κ3) is 3.58. The van der Waals surface area contributed by atoms with E-state index in [9.17, 15) is 5.11 Å². The Morgan fingerprint density at radius 1 is 0.692 bits per heavy atom. The van der Waals surface area contributed by atoms with E-state index in [1.54, 1.807) is 14.2 Å². The lowest BCUT2D eigenvalue weighted by atomic mass is 9.80. The van der Waals surface area contributed by atoms with Gasteiger partial charge in [0.25, 0.3) is 0 Å². The molecule has 0 radical (unpaired) electrons. The number of hydrogen-bond acceptors (Lipinski definition) is 3. The molecule has 0 bridgehead atoms. The van der Waals surface area contributed by atoms with E-state index in [4.69, 9.17) is 9.47 Å². The number of benzene rings is 3. The number of rotatable bonds is 7. The van der Waals surface area contributed by atoms with Crippen LogP contribution in [0.4, 0.5) is 0 Å². The molecule has 3 rings (SSSR count). The number of methoxy groups -OCH3 is 2. The molecule has 3 nitrogen and oxygen atoms in total. The average molecular weight is 348 g/mol. The van der Waals surface area contributed by atoms with Gasteiger partial charge in [-0.3, -0.25) is 0 Å². The second kappa shape index (κ2) is 8.07. The SMILES string of the molecule is COc1ccccc1C(O)(CCc1ccccc1)c1ccccc1OC. The predicted octanol–water partition coefficient (Wildman–Crippen LogP) is 4.57. The Balaban J connectivity index is 2.09. The van der Waals surface area contributed by atoms with Crippen molar-refractivity contribution in [2.24, 2.45) is 0 Å². The standard InChI is InChI=1S/C23H24O3/c1-25-21-14-8-6-12-19(21)23(24,17-16-18-10-4-3-5-11-18)20-13-7-9-15-22(20)26-2/h3-15,24H,16-17H2,1-2H3. The summed E-state index contributed by atoms with van der Waals surface area (Å²) in [6.07, 6.45) is 1.24. The monoisotopic (exact) mass is 348 g/mol. The zero-order chi connectivity index (χ0) is 18.4. The first kappa shape index (κ1) is 18.0. The van der Waals surface area contributed by atoms with Crippen LogP contribution in [-0.2, 0) is 12.0 Å². The highest BCUT2D eigenvalue weighted by molar-refractivity contribution is 5.49. The van der Waals surface area contributed by atoms with Gasteiger partial charge in [-0.15, -0.1) is 0 Å². The minimum absolute atomic E-state index is 0.512. The Morgan fingerprint density at radius 3 is 1.65 bits per heavy atom. The van der Waals surface area contributed by atoms with E-state index in [2.05, 4.69) is 12.1 Å². The van der Waals surface area contributed by atoms with E-state index in [1.807, 2.05) is 66.7 Å². The van der Waals surface area contributed by atoms with Gasteiger partial charge in [0.15, 0.2) is 0 Å². The van der Waals surface area contributed by atoms with Gasteiger partial charge in [0.2, 0.25) is 0 Å². The Hall–Kier alpha value is -2.78. The Morgan fingerprint density at radius 2 is 1.15 bits per heavy atom. The number of hydrogen-bond donors (Lipinski definition) is 1. The van der Waals surface area contributed by atoms with Crippen molar-refractivity contribution in [3.8, 4) is 11.5 Å². The van der Waals surface area contributed by atoms with E-state index in [-0.39, 0.29) is 0 Å². The van der Waals surface area contributed by atoms with E-state index in [1.165, 1.54) is 5.56 Å². The molecule has 0 saturated heterocycles. The van der Waals surface area contributed by atoms with Gasteiger partial charge in [-0.25, -0.2) is 0 Å². The van der Waals surface area contributed by atoms with Gasteiger partial charge in [0, 0.05) is 11.1 Å². The second-order valence-corrected chi connectivity index (χ2v) is 6.25. The number of aliphatic hydroxyl groups is 1. The molecular weight excluding hydrogens is 324 g/mol. The molecule has 0 spiro atoms. The molecule has 3 aromatic rings. The molecule has 26 heavy (non-hydrogen) atoms. The molecule has 0 aliphatic carbocycles. The lowest BCUT2D eigenvalue weighted by Gasteiger charge is -2.32. The van der Waals surface area contributed by atoms with Crippen molar-refractivity contribution in [2.75, 3.05) is 14.2 Å². The van der Waals surface area contributed by atoms with Gasteiger partial charge >= 0.3 is 0 Å². The van der Waals surface area contributed by atoms with E-state index in [0.717, 1.165) is 17.5 Å². The van der Waals surface area contributed by atoms with Gasteiger partial charge < -0.3 is 14.6 Å².